The quantitative estimate of drug-likeness (QED) is 0.817. The van der Waals surface area contributed by atoms with Gasteiger partial charge in [-0.3, -0.25) is 4.79 Å². The van der Waals surface area contributed by atoms with E-state index in [1.165, 1.54) is 6.42 Å². The van der Waals surface area contributed by atoms with Crippen LogP contribution in [0.3, 0.4) is 0 Å². The van der Waals surface area contributed by atoms with Gasteiger partial charge in [-0.25, -0.2) is 0 Å². The summed E-state index contributed by atoms with van der Waals surface area (Å²) in [7, 11) is 2.13. The summed E-state index contributed by atoms with van der Waals surface area (Å²) >= 11 is 0. The minimum atomic E-state index is 0.185. The first kappa shape index (κ1) is 13.1. The highest BCUT2D eigenvalue weighted by atomic mass is 16.5. The number of hydrogen-bond donors (Lipinski definition) is 0. The van der Waals surface area contributed by atoms with Gasteiger partial charge in [-0.1, -0.05) is 12.1 Å². The van der Waals surface area contributed by atoms with Gasteiger partial charge in [0, 0.05) is 13.0 Å². The number of ether oxygens (including phenoxy) is 1. The number of likely N-dealkylation sites (tertiary alicyclic amines) is 1. The van der Waals surface area contributed by atoms with Crippen molar-refractivity contribution in [3.8, 4) is 5.75 Å². The molecule has 1 unspecified atom stereocenters. The molecule has 1 atom stereocenters. The first-order chi connectivity index (χ1) is 8.63. The molecular formula is C15H21NO2. The average Bonchev–Trinajstić information content (AvgIpc) is 2.28. The van der Waals surface area contributed by atoms with Gasteiger partial charge in [0.1, 0.15) is 17.6 Å². The molecule has 3 heteroatoms. The molecule has 0 radical (unpaired) electrons. The molecule has 0 bridgehead atoms. The van der Waals surface area contributed by atoms with Crippen molar-refractivity contribution in [1.82, 2.24) is 4.90 Å². The number of nitrogens with zero attached hydrogens (tertiary/aromatic N) is 1. The van der Waals surface area contributed by atoms with Crippen molar-refractivity contribution in [2.24, 2.45) is 0 Å². The van der Waals surface area contributed by atoms with Crippen LogP contribution >= 0.6 is 0 Å². The Morgan fingerprint density at radius 2 is 2.33 bits per heavy atom. The lowest BCUT2D eigenvalue weighted by Crippen LogP contribution is -2.38. The molecule has 0 aromatic heterocycles. The molecule has 18 heavy (non-hydrogen) atoms. The van der Waals surface area contributed by atoms with Crippen molar-refractivity contribution in [2.45, 2.75) is 32.3 Å². The number of likely N-dealkylation sites (N-methyl/N-ethyl adjacent to an activating group) is 1. The number of carbonyl (C=O) groups is 1. The first-order valence-corrected chi connectivity index (χ1v) is 6.57. The van der Waals surface area contributed by atoms with Gasteiger partial charge in [-0.15, -0.1) is 0 Å². The minimum Gasteiger partial charge on any atom is -0.489 e. The Morgan fingerprint density at radius 3 is 3.06 bits per heavy atom. The fourth-order valence-electron chi connectivity index (χ4n) is 2.42. The van der Waals surface area contributed by atoms with E-state index in [0.717, 1.165) is 30.8 Å². The molecule has 0 N–H and O–H groups in total. The second-order valence-electron chi connectivity index (χ2n) is 5.17. The molecule has 0 saturated carbocycles. The zero-order valence-corrected chi connectivity index (χ0v) is 11.2. The highest BCUT2D eigenvalue weighted by Gasteiger charge is 2.18. The Kier molecular flexibility index (Phi) is 4.37. The van der Waals surface area contributed by atoms with Gasteiger partial charge in [0.2, 0.25) is 0 Å². The Bertz CT molecular complexity index is 417. The summed E-state index contributed by atoms with van der Waals surface area (Å²) in [5, 5.41) is 0. The first-order valence-electron chi connectivity index (χ1n) is 6.57. The van der Waals surface area contributed by atoms with E-state index >= 15 is 0 Å². The summed E-state index contributed by atoms with van der Waals surface area (Å²) < 4.78 is 5.99. The molecule has 1 aliphatic heterocycles. The molecule has 1 aromatic rings. The summed E-state index contributed by atoms with van der Waals surface area (Å²) in [5.74, 6) is 1.07. The predicted molar refractivity (Wildman–Crippen MR) is 72.0 cm³/mol. The molecule has 2 rings (SSSR count). The van der Waals surface area contributed by atoms with Gasteiger partial charge in [0.05, 0.1) is 0 Å². The summed E-state index contributed by atoms with van der Waals surface area (Å²) in [5.41, 5.74) is 1.03. The van der Waals surface area contributed by atoms with E-state index in [-0.39, 0.29) is 11.9 Å². The molecule has 0 amide bonds. The zero-order valence-electron chi connectivity index (χ0n) is 11.2. The number of benzene rings is 1. The van der Waals surface area contributed by atoms with Crippen molar-refractivity contribution in [3.63, 3.8) is 0 Å². The lowest BCUT2D eigenvalue weighted by molar-refractivity contribution is -0.116. The van der Waals surface area contributed by atoms with Gasteiger partial charge in [-0.05, 0) is 51.1 Å². The third-order valence-electron chi connectivity index (χ3n) is 3.24. The van der Waals surface area contributed by atoms with Crippen LogP contribution in [-0.4, -0.2) is 36.9 Å². The molecule has 3 nitrogen and oxygen atoms in total. The van der Waals surface area contributed by atoms with Crippen LogP contribution in [0, 0.1) is 0 Å². The van der Waals surface area contributed by atoms with Gasteiger partial charge in [0.25, 0.3) is 0 Å². The minimum absolute atomic E-state index is 0.185. The van der Waals surface area contributed by atoms with Crippen LogP contribution in [0.4, 0.5) is 0 Å². The van der Waals surface area contributed by atoms with Crippen LogP contribution in [-0.2, 0) is 11.2 Å². The molecule has 1 fully saturated rings. The van der Waals surface area contributed by atoms with E-state index in [1.54, 1.807) is 6.92 Å². The van der Waals surface area contributed by atoms with Crippen molar-refractivity contribution >= 4 is 5.78 Å². The van der Waals surface area contributed by atoms with E-state index < -0.39 is 0 Å². The Morgan fingerprint density at radius 1 is 1.50 bits per heavy atom. The van der Waals surface area contributed by atoms with Crippen LogP contribution in [0.25, 0.3) is 0 Å². The summed E-state index contributed by atoms with van der Waals surface area (Å²) in [6.45, 7) is 3.75. The van der Waals surface area contributed by atoms with Crippen molar-refractivity contribution in [2.75, 3.05) is 20.1 Å². The average molecular weight is 247 g/mol. The van der Waals surface area contributed by atoms with Crippen molar-refractivity contribution in [1.29, 1.82) is 0 Å². The number of rotatable bonds is 4. The zero-order chi connectivity index (χ0) is 13.0. The monoisotopic (exact) mass is 247 g/mol. The van der Waals surface area contributed by atoms with Crippen LogP contribution in [0.2, 0.25) is 0 Å². The van der Waals surface area contributed by atoms with Gasteiger partial charge >= 0.3 is 0 Å². The number of ketones is 1. The third kappa shape index (κ3) is 3.84. The largest absolute Gasteiger partial charge is 0.489 e. The maximum absolute atomic E-state index is 11.1. The maximum atomic E-state index is 11.1. The maximum Gasteiger partial charge on any atom is 0.134 e. The van der Waals surface area contributed by atoms with Crippen LogP contribution < -0.4 is 4.74 Å². The second kappa shape index (κ2) is 6.01. The molecular weight excluding hydrogens is 226 g/mol. The molecule has 1 aromatic carbocycles. The summed E-state index contributed by atoms with van der Waals surface area (Å²) in [6.07, 6.45) is 3.06. The highest BCUT2D eigenvalue weighted by Crippen LogP contribution is 2.19. The Hall–Kier alpha value is -1.35. The van der Waals surface area contributed by atoms with Gasteiger partial charge in [-0.2, -0.15) is 0 Å². The van der Waals surface area contributed by atoms with E-state index in [9.17, 15) is 4.79 Å². The molecule has 1 heterocycles. The lowest BCUT2D eigenvalue weighted by Gasteiger charge is -2.30. The topological polar surface area (TPSA) is 29.5 Å². The smallest absolute Gasteiger partial charge is 0.134 e. The fraction of sp³-hybridized carbons (Fsp3) is 0.533. The number of piperidine rings is 1. The van der Waals surface area contributed by atoms with E-state index in [0.29, 0.717) is 6.42 Å². The number of carbonyl (C=O) groups excluding carboxylic acids is 1. The van der Waals surface area contributed by atoms with E-state index in [2.05, 4.69) is 11.9 Å². The van der Waals surface area contributed by atoms with Gasteiger partial charge < -0.3 is 9.64 Å². The predicted octanol–water partition coefficient (Wildman–Crippen LogP) is 2.29. The molecule has 0 aliphatic carbocycles. The molecule has 0 spiro atoms. The summed E-state index contributed by atoms with van der Waals surface area (Å²) in [6, 6.07) is 7.88. The Labute approximate surface area is 109 Å². The van der Waals surface area contributed by atoms with Crippen LogP contribution in [0.1, 0.15) is 25.3 Å². The van der Waals surface area contributed by atoms with E-state index in [1.807, 2.05) is 24.3 Å². The normalized spacial score (nSPS) is 20.7. The number of Topliss-reactive ketones (excluding diaryl/α,β-unsaturated/α-hetero) is 1. The third-order valence-corrected chi connectivity index (χ3v) is 3.24. The Balaban J connectivity index is 1.98. The van der Waals surface area contributed by atoms with Gasteiger partial charge in [0.15, 0.2) is 0 Å². The lowest BCUT2D eigenvalue weighted by atomic mass is 10.1. The van der Waals surface area contributed by atoms with Crippen LogP contribution in [0.15, 0.2) is 24.3 Å². The second-order valence-corrected chi connectivity index (χ2v) is 5.17. The molecule has 1 saturated heterocycles. The van der Waals surface area contributed by atoms with Crippen molar-refractivity contribution in [3.05, 3.63) is 29.8 Å². The highest BCUT2D eigenvalue weighted by molar-refractivity contribution is 5.78. The molecule has 98 valence electrons. The fourth-order valence-corrected chi connectivity index (χ4v) is 2.42. The SMILES string of the molecule is CC(=O)Cc1cccc(OC2CCCN(C)C2)c1. The van der Waals surface area contributed by atoms with Crippen LogP contribution in [0.5, 0.6) is 5.75 Å². The van der Waals surface area contributed by atoms with E-state index in [4.69, 9.17) is 4.74 Å². The summed E-state index contributed by atoms with van der Waals surface area (Å²) in [4.78, 5) is 13.4. The van der Waals surface area contributed by atoms with Crippen molar-refractivity contribution < 1.29 is 9.53 Å². The standard InChI is InChI=1S/C15H21NO2/c1-12(17)9-13-5-3-6-14(10-13)18-15-7-4-8-16(2)11-15/h3,5-6,10,15H,4,7-9,11H2,1-2H3. The molecule has 1 aliphatic rings. The number of hydrogen-bond acceptors (Lipinski definition) is 3.